The smallest absolute Gasteiger partial charge is 0.0662 e. The molecule has 0 atom stereocenters. The molecule has 3 aromatic carbocycles. The topological polar surface area (TPSA) is 28.1 Å². The van der Waals surface area contributed by atoms with E-state index in [9.17, 15) is 0 Å². The highest BCUT2D eigenvalue weighted by atomic mass is 14.8. The Morgan fingerprint density at radius 3 is 2.52 bits per heavy atom. The lowest BCUT2D eigenvalue weighted by atomic mass is 10.0. The minimum absolute atomic E-state index is 0.847. The van der Waals surface area contributed by atoms with E-state index in [-0.39, 0.29) is 0 Å². The Morgan fingerprint density at radius 1 is 0.852 bits per heavy atom. The maximum absolute atomic E-state index is 4.90. The van der Waals surface area contributed by atoms with Crippen molar-refractivity contribution in [3.05, 3.63) is 88.9 Å². The second-order valence-corrected chi connectivity index (χ2v) is 7.02. The minimum atomic E-state index is 0.847. The van der Waals surface area contributed by atoms with Gasteiger partial charge in [-0.1, -0.05) is 60.7 Å². The summed E-state index contributed by atoms with van der Waals surface area (Å²) in [6.45, 7) is 2.11. The number of hydrogen-bond donors (Lipinski definition) is 1. The summed E-state index contributed by atoms with van der Waals surface area (Å²) in [5, 5.41) is 3.68. The Balaban J connectivity index is 1.67. The van der Waals surface area contributed by atoms with Gasteiger partial charge in [0.1, 0.15) is 0 Å². The van der Waals surface area contributed by atoms with Crippen LogP contribution in [0.5, 0.6) is 0 Å². The summed E-state index contributed by atoms with van der Waals surface area (Å²) in [5.41, 5.74) is 7.00. The molecule has 4 aromatic rings. The SMILES string of the molecule is Cc1ccccc1N=C1C=c2c([nH]c3ccc(-c4ccccc4)cc23)=CC1. The highest BCUT2D eigenvalue weighted by Crippen LogP contribution is 2.22. The zero-order valence-corrected chi connectivity index (χ0v) is 15.2. The molecule has 2 heteroatoms. The summed E-state index contributed by atoms with van der Waals surface area (Å²) in [4.78, 5) is 8.45. The number of aliphatic imine (C=N–C) groups is 1. The van der Waals surface area contributed by atoms with Gasteiger partial charge >= 0.3 is 0 Å². The first-order valence-electron chi connectivity index (χ1n) is 9.30. The van der Waals surface area contributed by atoms with Gasteiger partial charge in [0.2, 0.25) is 0 Å². The zero-order chi connectivity index (χ0) is 18.2. The van der Waals surface area contributed by atoms with Crippen molar-refractivity contribution < 1.29 is 0 Å². The van der Waals surface area contributed by atoms with Crippen LogP contribution in [0.15, 0.2) is 77.8 Å². The Labute approximate surface area is 158 Å². The molecule has 5 rings (SSSR count). The number of aryl methyl sites for hydroxylation is 1. The number of rotatable bonds is 2. The third-order valence-electron chi connectivity index (χ3n) is 5.18. The second kappa shape index (κ2) is 6.40. The van der Waals surface area contributed by atoms with Crippen LogP contribution in [0.25, 0.3) is 34.2 Å². The summed E-state index contributed by atoms with van der Waals surface area (Å²) in [7, 11) is 0. The van der Waals surface area contributed by atoms with Crippen molar-refractivity contribution in [2.45, 2.75) is 13.3 Å². The van der Waals surface area contributed by atoms with Crippen molar-refractivity contribution in [2.24, 2.45) is 4.99 Å². The van der Waals surface area contributed by atoms with E-state index in [4.69, 9.17) is 4.99 Å². The highest BCUT2D eigenvalue weighted by Gasteiger charge is 2.08. The molecule has 1 aliphatic carbocycles. The minimum Gasteiger partial charge on any atom is -0.355 e. The lowest BCUT2D eigenvalue weighted by Crippen LogP contribution is -2.27. The van der Waals surface area contributed by atoms with E-state index in [0.717, 1.165) is 17.8 Å². The van der Waals surface area contributed by atoms with Crippen LogP contribution in [-0.2, 0) is 0 Å². The van der Waals surface area contributed by atoms with E-state index >= 15 is 0 Å². The van der Waals surface area contributed by atoms with Gasteiger partial charge in [-0.15, -0.1) is 0 Å². The Morgan fingerprint density at radius 2 is 1.67 bits per heavy atom. The van der Waals surface area contributed by atoms with Gasteiger partial charge in [-0.05, 0) is 47.9 Å². The number of fused-ring (bicyclic) bond motifs is 3. The molecule has 0 bridgehead atoms. The summed E-state index contributed by atoms with van der Waals surface area (Å²) < 4.78 is 0. The van der Waals surface area contributed by atoms with E-state index < -0.39 is 0 Å². The van der Waals surface area contributed by atoms with Crippen LogP contribution in [0.3, 0.4) is 0 Å². The molecule has 130 valence electrons. The number of hydrogen-bond acceptors (Lipinski definition) is 1. The van der Waals surface area contributed by atoms with Gasteiger partial charge in [-0.2, -0.15) is 0 Å². The largest absolute Gasteiger partial charge is 0.355 e. The molecule has 0 unspecified atom stereocenters. The number of aromatic nitrogens is 1. The summed E-state index contributed by atoms with van der Waals surface area (Å²) >= 11 is 0. The normalized spacial score (nSPS) is 14.6. The lowest BCUT2D eigenvalue weighted by Gasteiger charge is -2.05. The van der Waals surface area contributed by atoms with E-state index in [1.54, 1.807) is 0 Å². The van der Waals surface area contributed by atoms with Crippen LogP contribution < -0.4 is 10.6 Å². The number of H-pyrrole nitrogens is 1. The van der Waals surface area contributed by atoms with E-state index in [2.05, 4.69) is 90.8 Å². The van der Waals surface area contributed by atoms with Crippen molar-refractivity contribution >= 4 is 34.5 Å². The van der Waals surface area contributed by atoms with Crippen LogP contribution in [0, 0.1) is 6.92 Å². The molecular weight excluding hydrogens is 328 g/mol. The highest BCUT2D eigenvalue weighted by molar-refractivity contribution is 6.15. The van der Waals surface area contributed by atoms with Gasteiger partial charge in [0.15, 0.2) is 0 Å². The quantitative estimate of drug-likeness (QED) is 0.535. The molecule has 1 aromatic heterocycles. The Hall–Kier alpha value is -3.39. The maximum Gasteiger partial charge on any atom is 0.0662 e. The summed E-state index contributed by atoms with van der Waals surface area (Å²) in [6.07, 6.45) is 5.32. The van der Waals surface area contributed by atoms with Gasteiger partial charge in [0.25, 0.3) is 0 Å². The third kappa shape index (κ3) is 2.89. The molecule has 0 saturated carbocycles. The van der Waals surface area contributed by atoms with Gasteiger partial charge in [-0.25, -0.2) is 0 Å². The predicted molar refractivity (Wildman–Crippen MR) is 115 cm³/mol. The number of aromatic amines is 1. The molecule has 0 radical (unpaired) electrons. The maximum atomic E-state index is 4.90. The second-order valence-electron chi connectivity index (χ2n) is 7.02. The fourth-order valence-electron chi connectivity index (χ4n) is 3.71. The molecule has 0 spiro atoms. The molecular formula is C25H20N2. The zero-order valence-electron chi connectivity index (χ0n) is 15.2. The Bertz CT molecular complexity index is 1290. The van der Waals surface area contributed by atoms with Crippen LogP contribution in [0.4, 0.5) is 5.69 Å². The van der Waals surface area contributed by atoms with Gasteiger partial charge < -0.3 is 4.98 Å². The molecule has 0 saturated heterocycles. The number of nitrogens with one attached hydrogen (secondary N) is 1. The first-order chi connectivity index (χ1) is 13.3. The molecule has 1 N–H and O–H groups in total. The van der Waals surface area contributed by atoms with E-state index in [1.807, 2.05) is 6.07 Å². The van der Waals surface area contributed by atoms with Gasteiger partial charge in [0.05, 0.1) is 5.69 Å². The average Bonchev–Trinajstić information content (AvgIpc) is 3.08. The standard InChI is InChI=1S/C25H20N2/c1-17-7-5-6-10-23(17)26-20-12-14-25-22(16-20)21-15-19(11-13-24(21)27-25)18-8-3-2-4-9-18/h2-11,13-16,27H,12H2,1H3. The van der Waals surface area contributed by atoms with Crippen LogP contribution in [0.2, 0.25) is 0 Å². The molecule has 0 aliphatic heterocycles. The van der Waals surface area contributed by atoms with Crippen molar-refractivity contribution in [1.82, 2.24) is 4.98 Å². The summed E-state index contributed by atoms with van der Waals surface area (Å²) in [5.74, 6) is 0. The molecule has 0 fully saturated rings. The molecule has 0 amide bonds. The van der Waals surface area contributed by atoms with E-state index in [0.29, 0.717) is 0 Å². The van der Waals surface area contributed by atoms with Crippen LogP contribution >= 0.6 is 0 Å². The molecule has 27 heavy (non-hydrogen) atoms. The fourth-order valence-corrected chi connectivity index (χ4v) is 3.71. The van der Waals surface area contributed by atoms with Crippen molar-refractivity contribution in [2.75, 3.05) is 0 Å². The molecule has 1 aliphatic rings. The first kappa shape index (κ1) is 15.8. The monoisotopic (exact) mass is 348 g/mol. The number of para-hydroxylation sites is 1. The first-order valence-corrected chi connectivity index (χ1v) is 9.30. The lowest BCUT2D eigenvalue weighted by molar-refractivity contribution is 1.31. The number of benzene rings is 3. The van der Waals surface area contributed by atoms with Crippen molar-refractivity contribution in [3.8, 4) is 11.1 Å². The van der Waals surface area contributed by atoms with Gasteiger partial charge in [0, 0.05) is 33.6 Å². The van der Waals surface area contributed by atoms with Crippen LogP contribution in [0.1, 0.15) is 12.0 Å². The number of nitrogens with zero attached hydrogens (tertiary/aromatic N) is 1. The van der Waals surface area contributed by atoms with E-state index in [1.165, 1.54) is 38.2 Å². The van der Waals surface area contributed by atoms with Crippen LogP contribution in [-0.4, -0.2) is 10.7 Å². The van der Waals surface area contributed by atoms with Gasteiger partial charge in [-0.3, -0.25) is 4.99 Å². The molecule has 2 nitrogen and oxygen atoms in total. The summed E-state index contributed by atoms with van der Waals surface area (Å²) in [6, 6.07) is 25.4. The fraction of sp³-hybridized carbons (Fsp3) is 0.0800. The Kier molecular flexibility index (Phi) is 3.75. The average molecular weight is 348 g/mol. The van der Waals surface area contributed by atoms with Crippen molar-refractivity contribution in [1.29, 1.82) is 0 Å². The predicted octanol–water partition coefficient (Wildman–Crippen LogP) is 4.88. The molecule has 1 heterocycles. The van der Waals surface area contributed by atoms with Crippen molar-refractivity contribution in [3.63, 3.8) is 0 Å². The third-order valence-corrected chi connectivity index (χ3v) is 5.18.